The Bertz CT molecular complexity index is 1760. The van der Waals surface area contributed by atoms with Gasteiger partial charge in [-0.05, 0) is 60.9 Å². The number of hydrogen-bond acceptors (Lipinski definition) is 7. The first-order valence-corrected chi connectivity index (χ1v) is 12.6. The van der Waals surface area contributed by atoms with Crippen LogP contribution in [0.4, 0.5) is 16.3 Å². The van der Waals surface area contributed by atoms with Gasteiger partial charge < -0.3 is 25.1 Å². The number of halogens is 1. The Hall–Kier alpha value is -4.93. The molecule has 0 unspecified atom stereocenters. The SMILES string of the molecule is O=C(O)c1ccc2c(=O)n(O)c(N3CCC(Nc4nc5ccccc5n4Cc4ccc(F)cc4)CC3)nc2c1. The molecule has 0 radical (unpaired) electrons. The van der Waals surface area contributed by atoms with Gasteiger partial charge in [0, 0.05) is 19.1 Å². The molecule has 1 saturated heterocycles. The topological polar surface area (TPSA) is 126 Å². The van der Waals surface area contributed by atoms with E-state index in [0.29, 0.717) is 43.2 Å². The molecule has 0 atom stereocenters. The summed E-state index contributed by atoms with van der Waals surface area (Å²) >= 11 is 0. The fraction of sp³-hybridized carbons (Fsp3) is 0.214. The van der Waals surface area contributed by atoms with Crippen LogP contribution in [0.5, 0.6) is 0 Å². The maximum absolute atomic E-state index is 13.4. The van der Waals surface area contributed by atoms with Gasteiger partial charge in [-0.2, -0.15) is 0 Å². The predicted octanol–water partition coefficient (Wildman–Crippen LogP) is 3.95. The number of carbonyl (C=O) groups is 1. The number of carboxylic acids is 1. The van der Waals surface area contributed by atoms with E-state index < -0.39 is 11.5 Å². The van der Waals surface area contributed by atoms with Crippen molar-refractivity contribution in [2.45, 2.75) is 25.4 Å². The summed E-state index contributed by atoms with van der Waals surface area (Å²) in [4.78, 5) is 35.1. The molecular weight excluding hydrogens is 503 g/mol. The molecule has 2 aromatic heterocycles. The normalized spacial score (nSPS) is 14.2. The highest BCUT2D eigenvalue weighted by Crippen LogP contribution is 2.25. The summed E-state index contributed by atoms with van der Waals surface area (Å²) in [5.41, 5.74) is 2.35. The Labute approximate surface area is 221 Å². The summed E-state index contributed by atoms with van der Waals surface area (Å²) in [5.74, 6) is -0.609. The van der Waals surface area contributed by atoms with Gasteiger partial charge in [-0.1, -0.05) is 24.3 Å². The van der Waals surface area contributed by atoms with Crippen molar-refractivity contribution in [1.29, 1.82) is 0 Å². The first-order chi connectivity index (χ1) is 18.9. The molecule has 10 nitrogen and oxygen atoms in total. The third kappa shape index (κ3) is 4.63. The molecule has 3 heterocycles. The van der Waals surface area contributed by atoms with Crippen LogP contribution < -0.4 is 15.8 Å². The van der Waals surface area contributed by atoms with Crippen LogP contribution in [0, 0.1) is 5.82 Å². The minimum atomic E-state index is -1.12. The summed E-state index contributed by atoms with van der Waals surface area (Å²) < 4.78 is 16.0. The van der Waals surface area contributed by atoms with Gasteiger partial charge in [-0.25, -0.2) is 19.2 Å². The van der Waals surface area contributed by atoms with Gasteiger partial charge in [0.1, 0.15) is 5.82 Å². The predicted molar refractivity (Wildman–Crippen MR) is 144 cm³/mol. The Morgan fingerprint density at radius 3 is 2.49 bits per heavy atom. The number of carboxylic acid groups (broad SMARTS) is 1. The first-order valence-electron chi connectivity index (χ1n) is 12.6. The molecule has 198 valence electrons. The van der Waals surface area contributed by atoms with Crippen molar-refractivity contribution >= 4 is 39.8 Å². The van der Waals surface area contributed by atoms with Crippen LogP contribution in [0.15, 0.2) is 71.5 Å². The first kappa shape index (κ1) is 24.4. The monoisotopic (exact) mass is 528 g/mol. The third-order valence-corrected chi connectivity index (χ3v) is 7.10. The van der Waals surface area contributed by atoms with Crippen molar-refractivity contribution in [3.8, 4) is 0 Å². The van der Waals surface area contributed by atoms with Crippen molar-refractivity contribution in [3.05, 3.63) is 94.0 Å². The van der Waals surface area contributed by atoms with E-state index in [4.69, 9.17) is 4.98 Å². The van der Waals surface area contributed by atoms with E-state index in [1.54, 1.807) is 12.1 Å². The lowest BCUT2D eigenvalue weighted by atomic mass is 10.1. The second-order valence-corrected chi connectivity index (χ2v) is 9.61. The number of nitrogens with one attached hydrogen (secondary N) is 1. The summed E-state index contributed by atoms with van der Waals surface area (Å²) in [6, 6.07) is 18.3. The van der Waals surface area contributed by atoms with Crippen molar-refractivity contribution in [3.63, 3.8) is 0 Å². The number of rotatable bonds is 6. The molecule has 0 aliphatic carbocycles. The van der Waals surface area contributed by atoms with Crippen molar-refractivity contribution < 1.29 is 19.5 Å². The van der Waals surface area contributed by atoms with Gasteiger partial charge in [0.25, 0.3) is 5.56 Å². The Balaban J connectivity index is 1.22. The lowest BCUT2D eigenvalue weighted by molar-refractivity contribution is 0.0697. The zero-order valence-electron chi connectivity index (χ0n) is 20.8. The van der Waals surface area contributed by atoms with Gasteiger partial charge >= 0.3 is 5.97 Å². The highest BCUT2D eigenvalue weighted by molar-refractivity contribution is 5.93. The zero-order valence-corrected chi connectivity index (χ0v) is 20.8. The van der Waals surface area contributed by atoms with Gasteiger partial charge in [0.05, 0.1) is 34.0 Å². The quantitative estimate of drug-likeness (QED) is 0.283. The Morgan fingerprint density at radius 1 is 1.00 bits per heavy atom. The van der Waals surface area contributed by atoms with E-state index in [-0.39, 0.29) is 34.3 Å². The fourth-order valence-corrected chi connectivity index (χ4v) is 5.03. The molecule has 3 N–H and O–H groups in total. The second-order valence-electron chi connectivity index (χ2n) is 9.61. The van der Waals surface area contributed by atoms with Crippen LogP contribution in [0.25, 0.3) is 21.9 Å². The number of hydrogen-bond donors (Lipinski definition) is 3. The van der Waals surface area contributed by atoms with Gasteiger partial charge in [0.15, 0.2) is 0 Å². The molecule has 11 heteroatoms. The number of imidazole rings is 1. The van der Waals surface area contributed by atoms with E-state index >= 15 is 0 Å². The van der Waals surface area contributed by atoms with E-state index in [2.05, 4.69) is 14.9 Å². The molecule has 0 amide bonds. The van der Waals surface area contributed by atoms with Crippen LogP contribution in [0.3, 0.4) is 0 Å². The lowest BCUT2D eigenvalue weighted by Gasteiger charge is -2.33. The molecular formula is C28H25FN6O4. The standard InChI is InChI=1S/C28H25FN6O4/c29-19-8-5-17(6-9-19)16-34-24-4-2-1-3-22(24)31-27(34)30-20-11-13-33(14-12-20)28-32-23-15-18(26(37)38)7-10-21(23)25(36)35(28)39/h1-10,15,20,39H,11-14,16H2,(H,30,31)(H,37,38). The Kier molecular flexibility index (Phi) is 6.10. The zero-order chi connectivity index (χ0) is 27.1. The molecule has 0 saturated carbocycles. The van der Waals surface area contributed by atoms with Crippen LogP contribution >= 0.6 is 0 Å². The molecule has 1 fully saturated rings. The highest BCUT2D eigenvalue weighted by atomic mass is 19.1. The number of benzene rings is 3. The average molecular weight is 529 g/mol. The average Bonchev–Trinajstić information content (AvgIpc) is 3.28. The van der Waals surface area contributed by atoms with Crippen molar-refractivity contribution in [1.82, 2.24) is 19.3 Å². The van der Waals surface area contributed by atoms with Crippen molar-refractivity contribution in [2.24, 2.45) is 0 Å². The van der Waals surface area contributed by atoms with E-state index in [1.165, 1.54) is 30.3 Å². The van der Waals surface area contributed by atoms with Gasteiger partial charge in [-0.3, -0.25) is 4.79 Å². The van der Waals surface area contributed by atoms with Crippen molar-refractivity contribution in [2.75, 3.05) is 23.3 Å². The van der Waals surface area contributed by atoms with Crippen LogP contribution in [0.2, 0.25) is 0 Å². The number of fused-ring (bicyclic) bond motifs is 2. The summed E-state index contributed by atoms with van der Waals surface area (Å²) in [6.45, 7) is 1.54. The maximum atomic E-state index is 13.4. The molecule has 3 aromatic carbocycles. The van der Waals surface area contributed by atoms with Gasteiger partial charge in [0.2, 0.25) is 11.9 Å². The van der Waals surface area contributed by atoms with Crippen LogP contribution in [-0.4, -0.2) is 54.7 Å². The second kappa shape index (κ2) is 9.75. The smallest absolute Gasteiger partial charge is 0.335 e. The largest absolute Gasteiger partial charge is 0.478 e. The minimum Gasteiger partial charge on any atom is -0.478 e. The van der Waals surface area contributed by atoms with E-state index in [0.717, 1.165) is 16.6 Å². The van der Waals surface area contributed by atoms with E-state index in [9.17, 15) is 24.3 Å². The van der Waals surface area contributed by atoms with Gasteiger partial charge in [-0.15, -0.1) is 4.73 Å². The molecule has 1 aliphatic heterocycles. The summed E-state index contributed by atoms with van der Waals surface area (Å²) in [5, 5.41) is 23.5. The molecule has 1 aliphatic rings. The molecule has 6 rings (SSSR count). The fourth-order valence-electron chi connectivity index (χ4n) is 5.03. The van der Waals surface area contributed by atoms with Crippen LogP contribution in [0.1, 0.15) is 28.8 Å². The number of aromatic carboxylic acids is 1. The summed E-state index contributed by atoms with van der Waals surface area (Å²) in [6.07, 6.45) is 1.37. The minimum absolute atomic E-state index is 0.0162. The Morgan fingerprint density at radius 2 is 1.74 bits per heavy atom. The third-order valence-electron chi connectivity index (χ3n) is 7.10. The van der Waals surface area contributed by atoms with E-state index in [1.807, 2.05) is 29.2 Å². The number of anilines is 2. The molecule has 0 spiro atoms. The molecule has 5 aromatic rings. The lowest BCUT2D eigenvalue weighted by Crippen LogP contribution is -2.42. The molecule has 39 heavy (non-hydrogen) atoms. The number of aromatic nitrogens is 4. The highest BCUT2D eigenvalue weighted by Gasteiger charge is 2.25. The molecule has 0 bridgehead atoms. The van der Waals surface area contributed by atoms with Crippen LogP contribution in [-0.2, 0) is 6.54 Å². The number of para-hydroxylation sites is 2. The number of nitrogens with zero attached hydrogens (tertiary/aromatic N) is 5. The number of piperidine rings is 1. The summed E-state index contributed by atoms with van der Waals surface area (Å²) in [7, 11) is 0. The maximum Gasteiger partial charge on any atom is 0.335 e.